The average Bonchev–Trinajstić information content (AvgIpc) is 3.31. The molecule has 3 aromatic rings. The third kappa shape index (κ3) is 4.31. The van der Waals surface area contributed by atoms with Gasteiger partial charge in [-0.1, -0.05) is 31.2 Å². The summed E-state index contributed by atoms with van der Waals surface area (Å²) in [5.41, 5.74) is 2.80. The molecule has 4 rings (SSSR count). The van der Waals surface area contributed by atoms with Gasteiger partial charge in [0, 0.05) is 0 Å². The minimum absolute atomic E-state index is 0.0428. The number of rotatable bonds is 8. The number of benzene rings is 2. The molecule has 1 aliphatic rings. The van der Waals surface area contributed by atoms with Crippen molar-refractivity contribution >= 4 is 33.4 Å². The molecular formula is C23H24N2O4S. The summed E-state index contributed by atoms with van der Waals surface area (Å²) >= 11 is 1.54. The molecule has 6 nitrogen and oxygen atoms in total. The first kappa shape index (κ1) is 20.3. The third-order valence-electron chi connectivity index (χ3n) is 5.36. The van der Waals surface area contributed by atoms with Crippen LogP contribution in [0.1, 0.15) is 54.2 Å². The Bertz CT molecular complexity index is 1080. The van der Waals surface area contributed by atoms with Gasteiger partial charge in [-0.15, -0.1) is 11.3 Å². The number of hydrogen-bond acceptors (Lipinski definition) is 5. The summed E-state index contributed by atoms with van der Waals surface area (Å²) in [5, 5.41) is 13.0. The van der Waals surface area contributed by atoms with Crippen molar-refractivity contribution in [2.75, 3.05) is 6.61 Å². The summed E-state index contributed by atoms with van der Waals surface area (Å²) in [6.07, 6.45) is 1.52. The predicted molar refractivity (Wildman–Crippen MR) is 116 cm³/mol. The molecule has 30 heavy (non-hydrogen) atoms. The maximum atomic E-state index is 12.9. The van der Waals surface area contributed by atoms with Crippen LogP contribution in [0.4, 0.5) is 0 Å². The molecule has 0 radical (unpaired) electrons. The number of carboxylic acid groups (broad SMARTS) is 1. The van der Waals surface area contributed by atoms with Gasteiger partial charge in [0.1, 0.15) is 10.8 Å². The number of aromatic nitrogens is 1. The van der Waals surface area contributed by atoms with Crippen LogP contribution in [0.5, 0.6) is 5.75 Å². The van der Waals surface area contributed by atoms with Crippen molar-refractivity contribution in [3.63, 3.8) is 0 Å². The molecule has 1 heterocycles. The van der Waals surface area contributed by atoms with Crippen LogP contribution >= 0.6 is 11.3 Å². The molecule has 0 saturated carbocycles. The lowest BCUT2D eigenvalue weighted by Gasteiger charge is -2.11. The number of carbonyl (C=O) groups is 2. The second-order valence-electron chi connectivity index (χ2n) is 7.52. The first-order valence-electron chi connectivity index (χ1n) is 10.2. The molecule has 0 spiro atoms. The van der Waals surface area contributed by atoms with Crippen molar-refractivity contribution in [1.29, 1.82) is 0 Å². The van der Waals surface area contributed by atoms with Crippen molar-refractivity contribution in [2.24, 2.45) is 0 Å². The van der Waals surface area contributed by atoms with Crippen molar-refractivity contribution in [1.82, 2.24) is 10.3 Å². The molecular weight excluding hydrogens is 400 g/mol. The fourth-order valence-corrected chi connectivity index (χ4v) is 4.95. The summed E-state index contributed by atoms with van der Waals surface area (Å²) in [6, 6.07) is 13.5. The van der Waals surface area contributed by atoms with Crippen molar-refractivity contribution in [2.45, 2.75) is 44.6 Å². The maximum absolute atomic E-state index is 12.9. The van der Waals surface area contributed by atoms with E-state index in [0.29, 0.717) is 19.6 Å². The SMILES string of the molecule is CCCOc1ccc2nc(CNC(=O)C3CC(CC(=O)O)c4ccccc43)sc2c1. The Labute approximate surface area is 178 Å². The first-order chi connectivity index (χ1) is 14.5. The van der Waals surface area contributed by atoms with Gasteiger partial charge in [0.15, 0.2) is 0 Å². The number of aliphatic carboxylic acids is 1. The van der Waals surface area contributed by atoms with Crippen molar-refractivity contribution in [3.05, 3.63) is 58.6 Å². The van der Waals surface area contributed by atoms with Gasteiger partial charge in [-0.05, 0) is 48.1 Å². The minimum atomic E-state index is -0.840. The Morgan fingerprint density at radius 1 is 1.23 bits per heavy atom. The van der Waals surface area contributed by atoms with E-state index in [1.165, 1.54) is 0 Å². The van der Waals surface area contributed by atoms with Gasteiger partial charge in [-0.25, -0.2) is 4.98 Å². The van der Waals surface area contributed by atoms with E-state index in [-0.39, 0.29) is 24.2 Å². The standard InChI is InChI=1S/C23H24N2O4S/c1-2-9-29-15-7-8-19-20(12-15)30-21(25-19)13-24-23(28)18-10-14(11-22(26)27)16-5-3-4-6-17(16)18/h3-8,12,14,18H,2,9-11,13H2,1H3,(H,24,28)(H,26,27). The highest BCUT2D eigenvalue weighted by Crippen LogP contribution is 2.43. The number of nitrogens with zero attached hydrogens (tertiary/aromatic N) is 1. The van der Waals surface area contributed by atoms with Crippen molar-refractivity contribution < 1.29 is 19.4 Å². The van der Waals surface area contributed by atoms with Gasteiger partial charge in [-0.3, -0.25) is 9.59 Å². The van der Waals surface area contributed by atoms with Crippen molar-refractivity contribution in [3.8, 4) is 5.75 Å². The number of nitrogens with one attached hydrogen (secondary N) is 1. The molecule has 1 aliphatic carbocycles. The van der Waals surface area contributed by atoms with Gasteiger partial charge >= 0.3 is 5.97 Å². The number of carboxylic acids is 1. The topological polar surface area (TPSA) is 88.5 Å². The van der Waals surface area contributed by atoms with E-state index >= 15 is 0 Å². The molecule has 2 N–H and O–H groups in total. The fourth-order valence-electron chi connectivity index (χ4n) is 4.01. The van der Waals surface area contributed by atoms with E-state index < -0.39 is 5.97 Å². The van der Waals surface area contributed by atoms with Crippen LogP contribution in [0.15, 0.2) is 42.5 Å². The number of hydrogen-bond donors (Lipinski definition) is 2. The van der Waals surface area contributed by atoms with Crippen LogP contribution in [0, 0.1) is 0 Å². The first-order valence-corrected chi connectivity index (χ1v) is 11.0. The normalized spacial score (nSPS) is 17.6. The predicted octanol–water partition coefficient (Wildman–Crippen LogP) is 4.45. The number of thiazole rings is 1. The zero-order chi connectivity index (χ0) is 21.1. The molecule has 7 heteroatoms. The molecule has 1 amide bonds. The molecule has 0 saturated heterocycles. The highest BCUT2D eigenvalue weighted by atomic mass is 32.1. The molecule has 0 fully saturated rings. The molecule has 2 aromatic carbocycles. The summed E-state index contributed by atoms with van der Waals surface area (Å²) in [5.74, 6) is -0.544. The summed E-state index contributed by atoms with van der Waals surface area (Å²) in [7, 11) is 0. The van der Waals surface area contributed by atoms with Crippen LogP contribution in [0.2, 0.25) is 0 Å². The van der Waals surface area contributed by atoms with Gasteiger partial charge < -0.3 is 15.2 Å². The molecule has 2 unspecified atom stereocenters. The Hall–Kier alpha value is -2.93. The van der Waals surface area contributed by atoms with Crippen LogP contribution in [0.3, 0.4) is 0 Å². The lowest BCUT2D eigenvalue weighted by molar-refractivity contribution is -0.137. The van der Waals surface area contributed by atoms with Crippen LogP contribution in [0.25, 0.3) is 10.2 Å². The Kier molecular flexibility index (Phi) is 5.99. The number of ether oxygens (including phenoxy) is 1. The highest BCUT2D eigenvalue weighted by molar-refractivity contribution is 7.18. The van der Waals surface area contributed by atoms with E-state index in [0.717, 1.165) is 38.5 Å². The quantitative estimate of drug-likeness (QED) is 0.558. The monoisotopic (exact) mass is 424 g/mol. The highest BCUT2D eigenvalue weighted by Gasteiger charge is 2.35. The van der Waals surface area contributed by atoms with Crippen LogP contribution in [-0.4, -0.2) is 28.6 Å². The Balaban J connectivity index is 1.44. The average molecular weight is 425 g/mol. The molecule has 0 aliphatic heterocycles. The third-order valence-corrected chi connectivity index (χ3v) is 6.38. The van der Waals surface area contributed by atoms with E-state index in [4.69, 9.17) is 4.74 Å². The van der Waals surface area contributed by atoms with Crippen LogP contribution < -0.4 is 10.1 Å². The van der Waals surface area contributed by atoms with E-state index in [2.05, 4.69) is 17.2 Å². The lowest BCUT2D eigenvalue weighted by Crippen LogP contribution is -2.28. The minimum Gasteiger partial charge on any atom is -0.494 e. The Morgan fingerprint density at radius 3 is 2.80 bits per heavy atom. The number of amides is 1. The fraction of sp³-hybridized carbons (Fsp3) is 0.348. The second-order valence-corrected chi connectivity index (χ2v) is 8.63. The van der Waals surface area contributed by atoms with Gasteiger partial charge in [-0.2, -0.15) is 0 Å². The summed E-state index contributed by atoms with van der Waals surface area (Å²) in [6.45, 7) is 3.10. The molecule has 1 aromatic heterocycles. The zero-order valence-corrected chi connectivity index (χ0v) is 17.6. The largest absolute Gasteiger partial charge is 0.494 e. The number of carbonyl (C=O) groups excluding carboxylic acids is 1. The summed E-state index contributed by atoms with van der Waals surface area (Å²) in [4.78, 5) is 28.7. The van der Waals surface area contributed by atoms with Crippen LogP contribution in [-0.2, 0) is 16.1 Å². The maximum Gasteiger partial charge on any atom is 0.303 e. The van der Waals surface area contributed by atoms with E-state index in [1.807, 2.05) is 42.5 Å². The number of fused-ring (bicyclic) bond motifs is 2. The second kappa shape index (κ2) is 8.83. The van der Waals surface area contributed by atoms with Gasteiger partial charge in [0.2, 0.25) is 5.91 Å². The van der Waals surface area contributed by atoms with Gasteiger partial charge in [0.05, 0.1) is 35.7 Å². The van der Waals surface area contributed by atoms with E-state index in [1.54, 1.807) is 11.3 Å². The zero-order valence-electron chi connectivity index (χ0n) is 16.8. The van der Waals surface area contributed by atoms with E-state index in [9.17, 15) is 14.7 Å². The lowest BCUT2D eigenvalue weighted by atomic mass is 9.97. The summed E-state index contributed by atoms with van der Waals surface area (Å²) < 4.78 is 6.70. The molecule has 0 bridgehead atoms. The Morgan fingerprint density at radius 2 is 2.03 bits per heavy atom. The smallest absolute Gasteiger partial charge is 0.303 e. The molecule has 156 valence electrons. The van der Waals surface area contributed by atoms with Gasteiger partial charge in [0.25, 0.3) is 0 Å². The molecule has 2 atom stereocenters.